The van der Waals surface area contributed by atoms with Crippen LogP contribution in [0.1, 0.15) is 37.8 Å². The van der Waals surface area contributed by atoms with Crippen LogP contribution in [0, 0.1) is 5.92 Å². The van der Waals surface area contributed by atoms with E-state index in [-0.39, 0.29) is 12.5 Å². The molecule has 1 saturated heterocycles. The Morgan fingerprint density at radius 3 is 2.80 bits per heavy atom. The lowest BCUT2D eigenvalue weighted by Gasteiger charge is -2.35. The van der Waals surface area contributed by atoms with Crippen LogP contribution in [0.2, 0.25) is 5.02 Å². The van der Waals surface area contributed by atoms with E-state index in [1.54, 1.807) is 25.1 Å². The zero-order valence-corrected chi connectivity index (χ0v) is 15.0. The van der Waals surface area contributed by atoms with Crippen molar-refractivity contribution in [1.82, 2.24) is 10.2 Å². The summed E-state index contributed by atoms with van der Waals surface area (Å²) in [6, 6.07) is 6.49. The third-order valence-electron chi connectivity index (χ3n) is 4.48. The molecule has 2 heterocycles. The van der Waals surface area contributed by atoms with Gasteiger partial charge in [-0.3, -0.25) is 14.9 Å². The Hall–Kier alpha value is -2.08. The summed E-state index contributed by atoms with van der Waals surface area (Å²) >= 11 is 6.10. The number of rotatable bonds is 3. The molecule has 3 rings (SSSR count). The average molecular weight is 364 g/mol. The van der Waals surface area contributed by atoms with E-state index in [0.717, 1.165) is 31.5 Å². The molecule has 25 heavy (non-hydrogen) atoms. The largest absolute Gasteiger partial charge is 0.465 e. The molecule has 0 aliphatic carbocycles. The topological polar surface area (TPSA) is 71.0 Å². The van der Waals surface area contributed by atoms with E-state index in [0.29, 0.717) is 11.0 Å². The number of carbonyl (C=O) groups is 2. The summed E-state index contributed by atoms with van der Waals surface area (Å²) < 4.78 is 5.10. The lowest BCUT2D eigenvalue weighted by atomic mass is 9.91. The minimum atomic E-state index is -1.01. The fourth-order valence-corrected chi connectivity index (χ4v) is 3.46. The van der Waals surface area contributed by atoms with E-state index in [1.807, 2.05) is 6.07 Å². The predicted molar refractivity (Wildman–Crippen MR) is 95.3 cm³/mol. The first-order valence-corrected chi connectivity index (χ1v) is 9.03. The summed E-state index contributed by atoms with van der Waals surface area (Å²) in [7, 11) is 0. The molecule has 0 radical (unpaired) electrons. The summed E-state index contributed by atoms with van der Waals surface area (Å²) in [5.74, 6) is -1.41. The molecule has 134 valence electrons. The van der Waals surface area contributed by atoms with Gasteiger partial charge in [-0.2, -0.15) is 0 Å². The molecule has 1 amide bonds. The molecular formula is C18H22ClN3O3. The van der Waals surface area contributed by atoms with Crippen molar-refractivity contribution in [3.05, 3.63) is 34.9 Å². The molecule has 0 spiro atoms. The summed E-state index contributed by atoms with van der Waals surface area (Å²) in [6.07, 6.45) is 3.32. The van der Waals surface area contributed by atoms with Gasteiger partial charge in [0.05, 0.1) is 6.61 Å². The molecule has 0 bridgehead atoms. The van der Waals surface area contributed by atoms with Crippen molar-refractivity contribution >= 4 is 29.4 Å². The average Bonchev–Trinajstić information content (AvgIpc) is 2.62. The number of nitrogens with zero attached hydrogens (tertiary/aromatic N) is 2. The van der Waals surface area contributed by atoms with Gasteiger partial charge in [-0.1, -0.05) is 23.7 Å². The molecule has 6 nitrogen and oxygen atoms in total. The van der Waals surface area contributed by atoms with Crippen molar-refractivity contribution in [3.8, 4) is 0 Å². The van der Waals surface area contributed by atoms with Crippen LogP contribution in [0.3, 0.4) is 0 Å². The third-order valence-corrected chi connectivity index (χ3v) is 4.72. The maximum atomic E-state index is 12.7. The van der Waals surface area contributed by atoms with Crippen molar-refractivity contribution < 1.29 is 14.3 Å². The SMILES string of the molecule is CCOC(=O)[C@@H]1C(=O)NC(N2CCCCC2)=N[C@@H]1c1cccc(Cl)c1. The van der Waals surface area contributed by atoms with Crippen LogP contribution in [-0.4, -0.2) is 42.4 Å². The highest BCUT2D eigenvalue weighted by Crippen LogP contribution is 2.32. The molecule has 1 fully saturated rings. The molecule has 1 aromatic carbocycles. The van der Waals surface area contributed by atoms with Crippen LogP contribution in [-0.2, 0) is 14.3 Å². The van der Waals surface area contributed by atoms with Crippen molar-refractivity contribution in [2.45, 2.75) is 32.2 Å². The second-order valence-corrected chi connectivity index (χ2v) is 6.66. The molecule has 0 saturated carbocycles. The summed E-state index contributed by atoms with van der Waals surface area (Å²) in [6.45, 7) is 3.64. The molecule has 7 heteroatoms. The predicted octanol–water partition coefficient (Wildman–Crippen LogP) is 2.53. The van der Waals surface area contributed by atoms with Crippen LogP contribution in [0.5, 0.6) is 0 Å². The first-order chi connectivity index (χ1) is 12.1. The minimum absolute atomic E-state index is 0.216. The zero-order chi connectivity index (χ0) is 17.8. The van der Waals surface area contributed by atoms with Gasteiger partial charge in [-0.25, -0.2) is 4.99 Å². The number of piperidine rings is 1. The Kier molecular flexibility index (Phi) is 5.58. The second kappa shape index (κ2) is 7.87. The summed E-state index contributed by atoms with van der Waals surface area (Å²) in [5, 5.41) is 3.34. The second-order valence-electron chi connectivity index (χ2n) is 6.22. The van der Waals surface area contributed by atoms with Crippen molar-refractivity contribution in [3.63, 3.8) is 0 Å². The van der Waals surface area contributed by atoms with Crippen molar-refractivity contribution in [1.29, 1.82) is 0 Å². The number of esters is 1. The minimum Gasteiger partial charge on any atom is -0.465 e. The number of hydrogen-bond donors (Lipinski definition) is 1. The van der Waals surface area contributed by atoms with E-state index in [4.69, 9.17) is 21.3 Å². The van der Waals surface area contributed by atoms with Gasteiger partial charge in [0, 0.05) is 18.1 Å². The number of ether oxygens (including phenoxy) is 1. The molecule has 2 aliphatic heterocycles. The first-order valence-electron chi connectivity index (χ1n) is 8.66. The first kappa shape index (κ1) is 17.7. The number of aliphatic imine (C=N–C) groups is 1. The maximum absolute atomic E-state index is 12.7. The van der Waals surface area contributed by atoms with E-state index in [2.05, 4.69) is 10.2 Å². The normalized spacial score (nSPS) is 23.7. The van der Waals surface area contributed by atoms with Gasteiger partial charge < -0.3 is 9.64 Å². The Labute approximate surface area is 152 Å². The monoisotopic (exact) mass is 363 g/mol. The molecule has 1 N–H and O–H groups in total. The highest BCUT2D eigenvalue weighted by molar-refractivity contribution is 6.30. The van der Waals surface area contributed by atoms with Gasteiger partial charge >= 0.3 is 5.97 Å². The summed E-state index contributed by atoms with van der Waals surface area (Å²) in [5.41, 5.74) is 0.731. The number of nitrogens with one attached hydrogen (secondary N) is 1. The lowest BCUT2D eigenvalue weighted by Crippen LogP contribution is -2.53. The summed E-state index contributed by atoms with van der Waals surface area (Å²) in [4.78, 5) is 31.8. The number of hydrogen-bond acceptors (Lipinski definition) is 5. The third kappa shape index (κ3) is 3.95. The van der Waals surface area contributed by atoms with Crippen LogP contribution < -0.4 is 5.32 Å². The Bertz CT molecular complexity index is 686. The smallest absolute Gasteiger partial charge is 0.321 e. The lowest BCUT2D eigenvalue weighted by molar-refractivity contribution is -0.153. The maximum Gasteiger partial charge on any atom is 0.321 e. The fraction of sp³-hybridized carbons (Fsp3) is 0.500. The molecule has 2 aliphatic rings. The van der Waals surface area contributed by atoms with Gasteiger partial charge in [-0.15, -0.1) is 0 Å². The van der Waals surface area contributed by atoms with Gasteiger partial charge in [0.15, 0.2) is 5.92 Å². The van der Waals surface area contributed by atoms with Gasteiger partial charge in [0.2, 0.25) is 11.9 Å². The van der Waals surface area contributed by atoms with Gasteiger partial charge in [0.25, 0.3) is 0 Å². The Balaban J connectivity index is 1.97. The van der Waals surface area contributed by atoms with Crippen LogP contribution >= 0.6 is 11.6 Å². The number of carbonyl (C=O) groups excluding carboxylic acids is 2. The van der Waals surface area contributed by atoms with Gasteiger partial charge in [0.1, 0.15) is 6.04 Å². The Morgan fingerprint density at radius 1 is 1.36 bits per heavy atom. The van der Waals surface area contributed by atoms with Crippen molar-refractivity contribution in [2.75, 3.05) is 19.7 Å². The molecule has 0 unspecified atom stereocenters. The molecular weight excluding hydrogens is 342 g/mol. The fourth-order valence-electron chi connectivity index (χ4n) is 3.26. The molecule has 2 atom stereocenters. The standard InChI is InChI=1S/C18H22ClN3O3/c1-2-25-17(24)14-15(12-7-6-8-13(19)11-12)20-18(21-16(14)23)22-9-4-3-5-10-22/h6-8,11,14-15H,2-5,9-10H2,1H3,(H,20,21,23)/t14-,15+/m0/s1. The van der Waals surface area contributed by atoms with Crippen LogP contribution in [0.15, 0.2) is 29.3 Å². The van der Waals surface area contributed by atoms with E-state index in [1.165, 1.54) is 6.42 Å². The van der Waals surface area contributed by atoms with Gasteiger partial charge in [-0.05, 0) is 43.9 Å². The zero-order valence-electron chi connectivity index (χ0n) is 14.2. The number of amides is 1. The van der Waals surface area contributed by atoms with E-state index >= 15 is 0 Å². The number of halogens is 1. The van der Waals surface area contributed by atoms with E-state index in [9.17, 15) is 9.59 Å². The highest BCUT2D eigenvalue weighted by atomic mass is 35.5. The highest BCUT2D eigenvalue weighted by Gasteiger charge is 2.42. The number of likely N-dealkylation sites (tertiary alicyclic amines) is 1. The van der Waals surface area contributed by atoms with Crippen LogP contribution in [0.25, 0.3) is 0 Å². The van der Waals surface area contributed by atoms with Crippen LogP contribution in [0.4, 0.5) is 0 Å². The molecule has 1 aromatic rings. The number of guanidine groups is 1. The quantitative estimate of drug-likeness (QED) is 0.661. The van der Waals surface area contributed by atoms with Crippen molar-refractivity contribution in [2.24, 2.45) is 10.9 Å². The Morgan fingerprint density at radius 2 is 2.12 bits per heavy atom. The number of benzene rings is 1. The molecule has 0 aromatic heterocycles. The van der Waals surface area contributed by atoms with E-state index < -0.39 is 17.9 Å².